The summed E-state index contributed by atoms with van der Waals surface area (Å²) >= 11 is 6.04. The van der Waals surface area contributed by atoms with Crippen molar-refractivity contribution in [2.45, 2.75) is 19.3 Å². The summed E-state index contributed by atoms with van der Waals surface area (Å²) in [5.41, 5.74) is 2.36. The lowest BCUT2D eigenvalue weighted by atomic mass is 10.2. The van der Waals surface area contributed by atoms with E-state index >= 15 is 0 Å². The van der Waals surface area contributed by atoms with Crippen LogP contribution in [0.15, 0.2) is 54.6 Å². The first-order valence-electron chi connectivity index (χ1n) is 9.18. The van der Waals surface area contributed by atoms with Gasteiger partial charge in [-0.3, -0.25) is 5.32 Å². The first kappa shape index (κ1) is 18.4. The van der Waals surface area contributed by atoms with Crippen LogP contribution in [0, 0.1) is 5.92 Å². The topological polar surface area (TPSA) is 68.2 Å². The fraction of sp³-hybridized carbons (Fsp3) is 0.238. The molecular weight excluding hydrogens is 376 g/mol. The summed E-state index contributed by atoms with van der Waals surface area (Å²) in [6, 6.07) is 16.3. The molecule has 7 heteroatoms. The first-order valence-corrected chi connectivity index (χ1v) is 9.56. The molecule has 2 N–H and O–H groups in total. The van der Waals surface area contributed by atoms with Crippen molar-refractivity contribution >= 4 is 29.1 Å². The number of carbonyl (C=O) groups excluding carboxylic acids is 1. The van der Waals surface area contributed by atoms with E-state index in [-0.39, 0.29) is 0 Å². The number of halogens is 1. The number of methoxy groups -OCH3 is 1. The van der Waals surface area contributed by atoms with Gasteiger partial charge in [-0.05, 0) is 55.5 Å². The van der Waals surface area contributed by atoms with Gasteiger partial charge in [-0.15, -0.1) is 0 Å². The number of hydrogen-bond donors (Lipinski definition) is 2. The highest BCUT2D eigenvalue weighted by molar-refractivity contribution is 6.31. The number of para-hydroxylation sites is 1. The van der Waals surface area contributed by atoms with Crippen LogP contribution < -0.4 is 15.4 Å². The Morgan fingerprint density at radius 1 is 1.18 bits per heavy atom. The molecule has 1 saturated carbocycles. The lowest BCUT2D eigenvalue weighted by Crippen LogP contribution is -2.21. The lowest BCUT2D eigenvalue weighted by molar-refractivity contribution is 0.262. The molecule has 0 saturated heterocycles. The minimum Gasteiger partial charge on any atom is -0.495 e. The third-order valence-corrected chi connectivity index (χ3v) is 4.84. The molecule has 4 rings (SSSR count). The molecule has 3 aromatic rings. The second-order valence-corrected chi connectivity index (χ2v) is 7.28. The van der Waals surface area contributed by atoms with Crippen molar-refractivity contribution in [3.8, 4) is 11.4 Å². The maximum atomic E-state index is 12.6. The Morgan fingerprint density at radius 2 is 1.96 bits per heavy atom. The number of amides is 2. The largest absolute Gasteiger partial charge is 0.495 e. The van der Waals surface area contributed by atoms with Gasteiger partial charge in [-0.25, -0.2) is 9.48 Å². The molecule has 144 valence electrons. The zero-order valence-electron chi connectivity index (χ0n) is 15.5. The summed E-state index contributed by atoms with van der Waals surface area (Å²) in [6.45, 7) is 0. The molecule has 1 aromatic heterocycles. The molecule has 1 heterocycles. The van der Waals surface area contributed by atoms with E-state index in [9.17, 15) is 4.79 Å². The Morgan fingerprint density at radius 3 is 2.68 bits per heavy atom. The van der Waals surface area contributed by atoms with E-state index < -0.39 is 6.03 Å². The second-order valence-electron chi connectivity index (χ2n) is 6.84. The number of rotatable bonds is 6. The summed E-state index contributed by atoms with van der Waals surface area (Å²) in [4.78, 5) is 12.6. The minimum absolute atomic E-state index is 0.393. The molecule has 1 fully saturated rings. The predicted octanol–water partition coefficient (Wildman–Crippen LogP) is 5.13. The van der Waals surface area contributed by atoms with E-state index in [4.69, 9.17) is 21.4 Å². The van der Waals surface area contributed by atoms with Gasteiger partial charge in [0.1, 0.15) is 11.6 Å². The Bertz CT molecular complexity index is 983. The number of ether oxygens (including phenoxy) is 1. The van der Waals surface area contributed by atoms with Crippen LogP contribution in [0.2, 0.25) is 5.02 Å². The molecule has 0 atom stereocenters. The normalized spacial score (nSPS) is 13.2. The van der Waals surface area contributed by atoms with Gasteiger partial charge in [0.05, 0.1) is 24.2 Å². The monoisotopic (exact) mass is 396 g/mol. The third kappa shape index (κ3) is 4.28. The molecule has 0 unspecified atom stereocenters. The van der Waals surface area contributed by atoms with Crippen molar-refractivity contribution in [2.75, 3.05) is 17.7 Å². The van der Waals surface area contributed by atoms with Crippen LogP contribution in [0.3, 0.4) is 0 Å². The fourth-order valence-electron chi connectivity index (χ4n) is 3.05. The van der Waals surface area contributed by atoms with Crippen LogP contribution in [0.5, 0.6) is 5.75 Å². The third-order valence-electron chi connectivity index (χ3n) is 4.61. The van der Waals surface area contributed by atoms with Gasteiger partial charge in [0.15, 0.2) is 0 Å². The Balaban J connectivity index is 1.57. The molecule has 0 spiro atoms. The van der Waals surface area contributed by atoms with E-state index in [0.717, 1.165) is 17.8 Å². The van der Waals surface area contributed by atoms with Crippen LogP contribution >= 0.6 is 11.6 Å². The smallest absolute Gasteiger partial charge is 0.324 e. The minimum atomic E-state index is -0.393. The Hall–Kier alpha value is -2.99. The Kier molecular flexibility index (Phi) is 5.21. The number of hydrogen-bond acceptors (Lipinski definition) is 3. The molecular formula is C21H21ClN4O2. The van der Waals surface area contributed by atoms with Crippen LogP contribution in [0.1, 0.15) is 18.5 Å². The lowest BCUT2D eigenvalue weighted by Gasteiger charge is -2.12. The van der Waals surface area contributed by atoms with E-state index in [0.29, 0.717) is 28.2 Å². The zero-order valence-corrected chi connectivity index (χ0v) is 16.2. The van der Waals surface area contributed by atoms with E-state index in [2.05, 4.69) is 10.6 Å². The molecule has 0 bridgehead atoms. The number of anilines is 2. The van der Waals surface area contributed by atoms with Crippen LogP contribution in [0.4, 0.5) is 16.3 Å². The van der Waals surface area contributed by atoms with Crippen LogP contribution in [0.25, 0.3) is 5.69 Å². The van der Waals surface area contributed by atoms with Crippen molar-refractivity contribution < 1.29 is 9.53 Å². The summed E-state index contributed by atoms with van der Waals surface area (Å²) in [7, 11) is 1.54. The van der Waals surface area contributed by atoms with Crippen molar-refractivity contribution in [1.82, 2.24) is 9.78 Å². The summed E-state index contributed by atoms with van der Waals surface area (Å²) in [6.07, 6.45) is 3.42. The first-order chi connectivity index (χ1) is 13.6. The number of nitrogens with zero attached hydrogens (tertiary/aromatic N) is 2. The zero-order chi connectivity index (χ0) is 19.5. The highest BCUT2D eigenvalue weighted by atomic mass is 35.5. The molecule has 6 nitrogen and oxygen atoms in total. The molecule has 1 aliphatic carbocycles. The summed E-state index contributed by atoms with van der Waals surface area (Å²) in [5, 5.41) is 10.9. The highest BCUT2D eigenvalue weighted by Crippen LogP contribution is 2.33. The van der Waals surface area contributed by atoms with Gasteiger partial charge in [-0.2, -0.15) is 5.10 Å². The standard InChI is InChI=1S/C21H21ClN4O2/c1-28-19-10-9-15(22)12-18(19)23-21(27)24-20-13-16(11-14-7-8-14)25-26(20)17-5-3-2-4-6-17/h2-6,9-10,12-14H,7-8,11H2,1H3,(H2,23,24,27). The highest BCUT2D eigenvalue weighted by Gasteiger charge is 2.24. The number of urea groups is 1. The summed E-state index contributed by atoms with van der Waals surface area (Å²) < 4.78 is 7.04. The van der Waals surface area contributed by atoms with Gasteiger partial charge in [0.25, 0.3) is 0 Å². The van der Waals surface area contributed by atoms with Gasteiger partial charge in [-0.1, -0.05) is 29.8 Å². The van der Waals surface area contributed by atoms with Crippen LogP contribution in [-0.4, -0.2) is 22.9 Å². The van der Waals surface area contributed by atoms with E-state index in [1.165, 1.54) is 12.8 Å². The number of carbonyl (C=O) groups is 1. The summed E-state index contributed by atoms with van der Waals surface area (Å²) in [5.74, 6) is 1.85. The molecule has 1 aliphatic rings. The number of benzene rings is 2. The van der Waals surface area contributed by atoms with Gasteiger partial charge >= 0.3 is 6.03 Å². The SMILES string of the molecule is COc1ccc(Cl)cc1NC(=O)Nc1cc(CC2CC2)nn1-c1ccccc1. The van der Waals surface area contributed by atoms with Crippen molar-refractivity contribution in [3.05, 3.63) is 65.3 Å². The van der Waals surface area contributed by atoms with E-state index in [1.54, 1.807) is 30.0 Å². The number of nitrogens with one attached hydrogen (secondary N) is 2. The Labute approximate surface area is 168 Å². The number of aromatic nitrogens is 2. The second kappa shape index (κ2) is 7.94. The average Bonchev–Trinajstić information content (AvgIpc) is 3.42. The van der Waals surface area contributed by atoms with Gasteiger partial charge in [0, 0.05) is 11.1 Å². The van der Waals surface area contributed by atoms with E-state index in [1.807, 2.05) is 36.4 Å². The average molecular weight is 397 g/mol. The van der Waals surface area contributed by atoms with Crippen molar-refractivity contribution in [3.63, 3.8) is 0 Å². The van der Waals surface area contributed by atoms with Crippen LogP contribution in [-0.2, 0) is 6.42 Å². The molecule has 0 radical (unpaired) electrons. The van der Waals surface area contributed by atoms with Gasteiger partial charge < -0.3 is 10.1 Å². The maximum Gasteiger partial charge on any atom is 0.324 e. The molecule has 2 aromatic carbocycles. The van der Waals surface area contributed by atoms with Crippen molar-refractivity contribution in [2.24, 2.45) is 5.92 Å². The molecule has 0 aliphatic heterocycles. The quantitative estimate of drug-likeness (QED) is 0.606. The van der Waals surface area contributed by atoms with Crippen molar-refractivity contribution in [1.29, 1.82) is 0 Å². The fourth-order valence-corrected chi connectivity index (χ4v) is 3.22. The maximum absolute atomic E-state index is 12.6. The predicted molar refractivity (Wildman–Crippen MR) is 111 cm³/mol. The molecule has 2 amide bonds. The van der Waals surface area contributed by atoms with Gasteiger partial charge in [0.2, 0.25) is 0 Å². The molecule has 28 heavy (non-hydrogen) atoms.